The maximum absolute atomic E-state index is 11.7. The molecule has 0 saturated carbocycles. The minimum absolute atomic E-state index is 0.0700. The van der Waals surface area contributed by atoms with Gasteiger partial charge in [0.15, 0.2) is 0 Å². The number of nitrogens with zero attached hydrogens (tertiary/aromatic N) is 4. The summed E-state index contributed by atoms with van der Waals surface area (Å²) in [6.45, 7) is -5.20. The van der Waals surface area contributed by atoms with Crippen molar-refractivity contribution in [2.45, 2.75) is 52.2 Å². The van der Waals surface area contributed by atoms with Gasteiger partial charge in [-0.25, -0.2) is 9.97 Å². The van der Waals surface area contributed by atoms with E-state index in [1.54, 1.807) is 33.0 Å². The molecule has 3 aromatic carbocycles. The highest BCUT2D eigenvalue weighted by molar-refractivity contribution is 5.99. The van der Waals surface area contributed by atoms with Crippen molar-refractivity contribution in [2.24, 2.45) is 0 Å². The van der Waals surface area contributed by atoms with Crippen LogP contribution in [0.3, 0.4) is 0 Å². The molecule has 0 spiro atoms. The van der Waals surface area contributed by atoms with Crippen molar-refractivity contribution in [1.29, 1.82) is 0 Å². The van der Waals surface area contributed by atoms with Crippen molar-refractivity contribution in [2.75, 3.05) is 16.8 Å². The van der Waals surface area contributed by atoms with Gasteiger partial charge in [0.2, 0.25) is 0 Å². The zero-order valence-corrected chi connectivity index (χ0v) is 22.8. The molecule has 40 heavy (non-hydrogen) atoms. The van der Waals surface area contributed by atoms with Crippen LogP contribution >= 0.6 is 0 Å². The van der Waals surface area contributed by atoms with Crippen LogP contribution in [0.5, 0.6) is 5.75 Å². The fourth-order valence-corrected chi connectivity index (χ4v) is 5.39. The van der Waals surface area contributed by atoms with Crippen LogP contribution in [0, 0.1) is 0 Å². The number of phenols is 1. The number of fused-ring (bicyclic) bond motifs is 3. The smallest absolute Gasteiger partial charge is 0.145 e. The van der Waals surface area contributed by atoms with Crippen LogP contribution in [0.4, 0.5) is 28.6 Å². The van der Waals surface area contributed by atoms with E-state index in [2.05, 4.69) is 9.88 Å². The summed E-state index contributed by atoms with van der Waals surface area (Å²) in [6, 6.07) is 23.6. The number of pyridine rings is 2. The van der Waals surface area contributed by atoms with Crippen molar-refractivity contribution in [3.63, 3.8) is 0 Å². The third kappa shape index (κ3) is 4.17. The van der Waals surface area contributed by atoms with Crippen molar-refractivity contribution >= 4 is 39.5 Å². The summed E-state index contributed by atoms with van der Waals surface area (Å²) in [5.74, 6) is 0.408. The molecule has 3 heterocycles. The van der Waals surface area contributed by atoms with E-state index < -0.39 is 36.9 Å². The number of aromatic hydroxyl groups is 1. The molecule has 0 amide bonds. The molecule has 1 aliphatic heterocycles. The molecule has 202 valence electrons. The average molecular weight is 538 g/mol. The molecule has 1 aliphatic rings. The van der Waals surface area contributed by atoms with Crippen LogP contribution in [0.1, 0.15) is 64.8 Å². The normalized spacial score (nSPS) is 17.6. The van der Waals surface area contributed by atoms with Crippen LogP contribution in [0.2, 0.25) is 0 Å². The second-order valence-electron chi connectivity index (χ2n) is 11.2. The zero-order valence-electron chi connectivity index (χ0n) is 31.8. The predicted octanol–water partition coefficient (Wildman–Crippen LogP) is 9.15. The van der Waals surface area contributed by atoms with Gasteiger partial charge in [-0.05, 0) is 58.9 Å². The molecule has 5 heteroatoms. The second-order valence-corrected chi connectivity index (χ2v) is 11.2. The number of para-hydroxylation sites is 2. The van der Waals surface area contributed by atoms with E-state index in [-0.39, 0.29) is 22.2 Å². The van der Waals surface area contributed by atoms with Crippen LogP contribution in [0.25, 0.3) is 22.2 Å². The van der Waals surface area contributed by atoms with Crippen LogP contribution in [-0.4, -0.2) is 22.1 Å². The standard InChI is InChI=1S/C35H36N4O/c1-34(2,3)24-21-25(35(4,5)6)33(40)32-23(24)16-17-26(37-32)22-15-18-28-30(20-22)39(31-14-10-11-19-36-31)29-13-9-8-12-27(29)38(28)7/h8-21,40H,1-7H3/i1D3,2D3,3D3. The summed E-state index contributed by atoms with van der Waals surface area (Å²) in [4.78, 5) is 13.5. The Hall–Kier alpha value is -4.38. The Morgan fingerprint density at radius 1 is 0.750 bits per heavy atom. The van der Waals surface area contributed by atoms with E-state index in [1.165, 1.54) is 12.1 Å². The van der Waals surface area contributed by atoms with Crippen molar-refractivity contribution in [3.05, 3.63) is 96.2 Å². The molecular weight excluding hydrogens is 492 g/mol. The first-order valence-corrected chi connectivity index (χ1v) is 13.1. The highest BCUT2D eigenvalue weighted by atomic mass is 16.3. The summed E-state index contributed by atoms with van der Waals surface area (Å²) in [6.07, 6.45) is 1.72. The van der Waals surface area contributed by atoms with Crippen LogP contribution in [-0.2, 0) is 10.8 Å². The van der Waals surface area contributed by atoms with Crippen LogP contribution < -0.4 is 9.80 Å². The number of hydrogen-bond acceptors (Lipinski definition) is 5. The van der Waals surface area contributed by atoms with Gasteiger partial charge in [0.1, 0.15) is 17.1 Å². The molecule has 0 radical (unpaired) electrons. The number of phenolic OH excluding ortho intramolecular Hbond substituents is 1. The number of aromatic nitrogens is 2. The SMILES string of the molecule is [2H]C([2H])([2H])C(c1cc(C(C)(C)C)c(O)c2nc(-c3ccc4c(c3)N(c3ccccn3)c3ccccc3N4C)ccc12)(C([2H])([2H])[2H])C([2H])([2H])[2H]. The molecule has 0 aliphatic carbocycles. The summed E-state index contributed by atoms with van der Waals surface area (Å²) in [5, 5.41) is 11.6. The molecule has 2 aromatic heterocycles. The predicted molar refractivity (Wildman–Crippen MR) is 167 cm³/mol. The molecule has 0 unspecified atom stereocenters. The molecular formula is C35H36N4O. The van der Waals surface area contributed by atoms with Gasteiger partial charge in [-0.1, -0.05) is 77.7 Å². The Morgan fingerprint density at radius 2 is 1.48 bits per heavy atom. The Labute approximate surface area is 249 Å². The topological polar surface area (TPSA) is 52.5 Å². The second kappa shape index (κ2) is 9.09. The van der Waals surface area contributed by atoms with E-state index >= 15 is 0 Å². The maximum Gasteiger partial charge on any atom is 0.145 e. The number of rotatable bonds is 2. The first kappa shape index (κ1) is 17.3. The zero-order chi connectivity index (χ0) is 35.9. The van der Waals surface area contributed by atoms with E-state index in [1.807, 2.05) is 72.6 Å². The fraction of sp³-hybridized carbons (Fsp3) is 0.257. The van der Waals surface area contributed by atoms with Gasteiger partial charge in [-0.3, -0.25) is 4.90 Å². The van der Waals surface area contributed by atoms with Gasteiger partial charge in [-0.15, -0.1) is 0 Å². The number of anilines is 5. The first-order chi connectivity index (χ1) is 22.7. The molecule has 0 bridgehead atoms. The summed E-state index contributed by atoms with van der Waals surface area (Å²) < 4.78 is 75.4. The minimum Gasteiger partial charge on any atom is -0.505 e. The lowest BCUT2D eigenvalue weighted by Crippen LogP contribution is -2.24. The Bertz CT molecular complexity index is 2030. The van der Waals surface area contributed by atoms with Gasteiger partial charge in [0, 0.05) is 42.1 Å². The van der Waals surface area contributed by atoms with Crippen molar-refractivity contribution < 1.29 is 17.4 Å². The van der Waals surface area contributed by atoms with Crippen LogP contribution in [0.15, 0.2) is 85.1 Å². The molecule has 0 saturated heterocycles. The molecule has 0 fully saturated rings. The van der Waals surface area contributed by atoms with Gasteiger partial charge in [0.25, 0.3) is 0 Å². The molecule has 6 rings (SSSR count). The lowest BCUT2D eigenvalue weighted by atomic mass is 9.78. The molecule has 0 atom stereocenters. The first-order valence-electron chi connectivity index (χ1n) is 17.6. The highest BCUT2D eigenvalue weighted by Crippen LogP contribution is 2.51. The quantitative estimate of drug-likeness (QED) is 0.243. The van der Waals surface area contributed by atoms with Gasteiger partial charge in [0.05, 0.1) is 28.4 Å². The average Bonchev–Trinajstić information content (AvgIpc) is 3.00. The lowest BCUT2D eigenvalue weighted by molar-refractivity contribution is 0.450. The molecule has 5 nitrogen and oxygen atoms in total. The maximum atomic E-state index is 11.7. The Balaban J connectivity index is 1.64. The van der Waals surface area contributed by atoms with Gasteiger partial charge < -0.3 is 10.0 Å². The molecule has 1 N–H and O–H groups in total. The third-order valence-corrected chi connectivity index (χ3v) is 7.40. The largest absolute Gasteiger partial charge is 0.505 e. The monoisotopic (exact) mass is 537 g/mol. The lowest BCUT2D eigenvalue weighted by Gasteiger charge is -2.38. The number of benzene rings is 3. The minimum atomic E-state index is -3.49. The molecule has 5 aromatic rings. The third-order valence-electron chi connectivity index (χ3n) is 7.40. The van der Waals surface area contributed by atoms with Crippen molar-refractivity contribution in [3.8, 4) is 17.0 Å². The highest BCUT2D eigenvalue weighted by Gasteiger charge is 2.30. The van der Waals surface area contributed by atoms with Gasteiger partial charge in [-0.2, -0.15) is 0 Å². The van der Waals surface area contributed by atoms with Gasteiger partial charge >= 0.3 is 0 Å². The summed E-state index contributed by atoms with van der Waals surface area (Å²) >= 11 is 0. The fourth-order valence-electron chi connectivity index (χ4n) is 5.39. The van der Waals surface area contributed by atoms with Crippen molar-refractivity contribution in [1.82, 2.24) is 9.97 Å². The van der Waals surface area contributed by atoms with E-state index in [4.69, 9.17) is 17.3 Å². The van der Waals surface area contributed by atoms with E-state index in [9.17, 15) is 5.11 Å². The van der Waals surface area contributed by atoms with E-state index in [0.717, 1.165) is 22.7 Å². The Kier molecular flexibility index (Phi) is 3.94. The summed E-state index contributed by atoms with van der Waals surface area (Å²) in [7, 11) is 1.97. The Morgan fingerprint density at radius 3 is 2.17 bits per heavy atom. The summed E-state index contributed by atoms with van der Waals surface area (Å²) in [5.41, 5.74) is 0.141. The number of hydrogen-bond donors (Lipinski definition) is 1. The van der Waals surface area contributed by atoms with E-state index in [0.29, 0.717) is 17.1 Å².